The van der Waals surface area contributed by atoms with E-state index in [2.05, 4.69) is 15.9 Å². The Morgan fingerprint density at radius 2 is 2.05 bits per heavy atom. The summed E-state index contributed by atoms with van der Waals surface area (Å²) in [4.78, 5) is 13.6. The van der Waals surface area contributed by atoms with Crippen molar-refractivity contribution in [3.05, 3.63) is 40.2 Å². The highest BCUT2D eigenvalue weighted by molar-refractivity contribution is 9.10. The summed E-state index contributed by atoms with van der Waals surface area (Å²) in [6.07, 6.45) is 1.53. The van der Waals surface area contributed by atoms with Crippen molar-refractivity contribution in [3.63, 3.8) is 0 Å². The zero-order valence-corrected chi connectivity index (χ0v) is 13.2. The lowest BCUT2D eigenvalue weighted by molar-refractivity contribution is -0.122. The number of sulfone groups is 1. The van der Waals surface area contributed by atoms with Crippen LogP contribution in [0.3, 0.4) is 0 Å². The lowest BCUT2D eigenvalue weighted by atomic mass is 10.2. The van der Waals surface area contributed by atoms with E-state index >= 15 is 0 Å². The van der Waals surface area contributed by atoms with E-state index in [9.17, 15) is 13.2 Å². The summed E-state index contributed by atoms with van der Waals surface area (Å²) < 4.78 is 28.8. The summed E-state index contributed by atoms with van der Waals surface area (Å²) in [5.41, 5.74) is 0.641. The molecule has 0 spiro atoms. The molecule has 0 aromatic heterocycles. The van der Waals surface area contributed by atoms with E-state index in [1.807, 2.05) is 0 Å². The van der Waals surface area contributed by atoms with Crippen molar-refractivity contribution in [3.8, 4) is 0 Å². The molecule has 0 saturated carbocycles. The van der Waals surface area contributed by atoms with Gasteiger partial charge in [0, 0.05) is 22.7 Å². The number of anilines is 1. The molecule has 0 unspecified atom stereocenters. The number of benzene rings is 1. The van der Waals surface area contributed by atoms with E-state index in [-0.39, 0.29) is 18.3 Å². The normalized spacial score (nSPS) is 20.0. The Bertz CT molecular complexity index is 624. The van der Waals surface area contributed by atoms with Crippen LogP contribution in [0.4, 0.5) is 5.69 Å². The van der Waals surface area contributed by atoms with Crippen molar-refractivity contribution in [1.29, 1.82) is 0 Å². The summed E-state index contributed by atoms with van der Waals surface area (Å²) >= 11 is 3.33. The molecule has 1 aromatic rings. The Hall–Kier alpha value is -1.18. The Balaban J connectivity index is 2.33. The smallest absolute Gasteiger partial charge is 0.253 e. The number of ether oxygens (including phenoxy) is 1. The third-order valence-corrected chi connectivity index (χ3v) is 4.79. The molecule has 1 amide bonds. The molecule has 0 saturated heterocycles. The predicted molar refractivity (Wildman–Crippen MR) is 80.2 cm³/mol. The second-order valence-corrected chi connectivity index (χ2v) is 7.25. The van der Waals surface area contributed by atoms with Gasteiger partial charge in [-0.05, 0) is 30.3 Å². The summed E-state index contributed by atoms with van der Waals surface area (Å²) in [6, 6.07) is 6.63. The minimum Gasteiger partial charge on any atom is -0.375 e. The highest BCUT2D eigenvalue weighted by atomic mass is 79.9. The number of rotatable bonds is 4. The van der Waals surface area contributed by atoms with Gasteiger partial charge >= 0.3 is 0 Å². The van der Waals surface area contributed by atoms with Crippen LogP contribution in [0, 0.1) is 0 Å². The largest absolute Gasteiger partial charge is 0.375 e. The topological polar surface area (TPSA) is 63.7 Å². The number of halogens is 1. The minimum atomic E-state index is -3.23. The predicted octanol–water partition coefficient (Wildman–Crippen LogP) is 1.74. The van der Waals surface area contributed by atoms with E-state index in [4.69, 9.17) is 4.74 Å². The molecule has 2 rings (SSSR count). The molecule has 108 valence electrons. The van der Waals surface area contributed by atoms with E-state index in [1.54, 1.807) is 24.3 Å². The first kappa shape index (κ1) is 15.2. The fourth-order valence-corrected chi connectivity index (χ4v) is 3.57. The van der Waals surface area contributed by atoms with Gasteiger partial charge in [0.25, 0.3) is 5.91 Å². The summed E-state index contributed by atoms with van der Waals surface area (Å²) in [5.74, 6) is -0.375. The van der Waals surface area contributed by atoms with Crippen LogP contribution in [-0.4, -0.2) is 39.8 Å². The van der Waals surface area contributed by atoms with E-state index < -0.39 is 15.9 Å². The first-order valence-electron chi connectivity index (χ1n) is 5.90. The van der Waals surface area contributed by atoms with Crippen LogP contribution in [-0.2, 0) is 19.4 Å². The molecule has 0 aliphatic carbocycles. The fraction of sp³-hybridized carbons (Fsp3) is 0.308. The lowest BCUT2D eigenvalue weighted by Gasteiger charge is -2.27. The number of carbonyl (C=O) groups is 1. The van der Waals surface area contributed by atoms with Gasteiger partial charge in [0.05, 0.1) is 11.8 Å². The van der Waals surface area contributed by atoms with Crippen LogP contribution in [0.5, 0.6) is 0 Å². The first-order valence-corrected chi connectivity index (χ1v) is 8.41. The van der Waals surface area contributed by atoms with Crippen molar-refractivity contribution in [2.45, 2.75) is 6.04 Å². The van der Waals surface area contributed by atoms with Crippen LogP contribution < -0.4 is 4.90 Å². The van der Waals surface area contributed by atoms with Gasteiger partial charge in [-0.3, -0.25) is 4.79 Å². The Kier molecular flexibility index (Phi) is 4.62. The molecular formula is C13H14BrNO4S. The second-order valence-electron chi connectivity index (χ2n) is 4.40. The highest BCUT2D eigenvalue weighted by Gasteiger charge is 2.31. The Labute approximate surface area is 126 Å². The van der Waals surface area contributed by atoms with Gasteiger partial charge in [-0.25, -0.2) is 8.42 Å². The molecular weight excluding hydrogens is 346 g/mol. The van der Waals surface area contributed by atoms with E-state index in [0.29, 0.717) is 5.69 Å². The van der Waals surface area contributed by atoms with Crippen LogP contribution >= 0.6 is 15.9 Å². The molecule has 20 heavy (non-hydrogen) atoms. The quantitative estimate of drug-likeness (QED) is 0.821. The van der Waals surface area contributed by atoms with Gasteiger partial charge < -0.3 is 9.64 Å². The monoisotopic (exact) mass is 359 g/mol. The van der Waals surface area contributed by atoms with Gasteiger partial charge in [-0.1, -0.05) is 15.9 Å². The lowest BCUT2D eigenvalue weighted by Crippen LogP contribution is -2.43. The molecule has 0 fully saturated rings. The standard InChI is InChI=1S/C13H14BrNO4S/c1-19-8-13(16)15(11-4-2-10(14)3-5-11)12-6-7-20(17,18)9-12/h2-7,12H,8-9H2,1H3/t12-/m0/s1. The molecule has 1 heterocycles. The third kappa shape index (κ3) is 3.47. The van der Waals surface area contributed by atoms with Crippen molar-refractivity contribution < 1.29 is 17.9 Å². The van der Waals surface area contributed by atoms with Crippen LogP contribution in [0.2, 0.25) is 0 Å². The molecule has 0 N–H and O–H groups in total. The molecule has 0 bridgehead atoms. The number of nitrogens with zero attached hydrogens (tertiary/aromatic N) is 1. The average molecular weight is 360 g/mol. The number of hydrogen-bond acceptors (Lipinski definition) is 4. The van der Waals surface area contributed by atoms with E-state index in [0.717, 1.165) is 9.88 Å². The molecule has 1 aromatic carbocycles. The maximum absolute atomic E-state index is 12.2. The number of methoxy groups -OCH3 is 1. The maximum Gasteiger partial charge on any atom is 0.253 e. The number of hydrogen-bond donors (Lipinski definition) is 0. The van der Waals surface area contributed by atoms with Crippen molar-refractivity contribution in [2.24, 2.45) is 0 Å². The molecule has 1 aliphatic heterocycles. The van der Waals surface area contributed by atoms with Gasteiger partial charge in [0.2, 0.25) is 0 Å². The summed E-state index contributed by atoms with van der Waals surface area (Å²) in [6.45, 7) is -0.0968. The number of carbonyl (C=O) groups excluding carboxylic acids is 1. The van der Waals surface area contributed by atoms with Gasteiger partial charge in [0.15, 0.2) is 9.84 Å². The molecule has 5 nitrogen and oxygen atoms in total. The zero-order chi connectivity index (χ0) is 14.8. The Morgan fingerprint density at radius 3 is 2.55 bits per heavy atom. The van der Waals surface area contributed by atoms with Crippen LogP contribution in [0.15, 0.2) is 40.2 Å². The first-order chi connectivity index (χ1) is 9.43. The van der Waals surface area contributed by atoms with Gasteiger partial charge in [-0.15, -0.1) is 0 Å². The summed E-state index contributed by atoms with van der Waals surface area (Å²) in [7, 11) is -1.80. The van der Waals surface area contributed by atoms with Crippen LogP contribution in [0.1, 0.15) is 0 Å². The fourth-order valence-electron chi connectivity index (χ4n) is 2.04. The van der Waals surface area contributed by atoms with E-state index in [1.165, 1.54) is 18.1 Å². The molecule has 0 radical (unpaired) electrons. The van der Waals surface area contributed by atoms with Gasteiger partial charge in [0.1, 0.15) is 6.61 Å². The maximum atomic E-state index is 12.2. The molecule has 1 atom stereocenters. The molecule has 7 heteroatoms. The van der Waals surface area contributed by atoms with Crippen molar-refractivity contribution in [2.75, 3.05) is 24.4 Å². The third-order valence-electron chi connectivity index (χ3n) is 2.88. The SMILES string of the molecule is COCC(=O)N(c1ccc(Br)cc1)[C@H]1C=CS(=O)(=O)C1. The van der Waals surface area contributed by atoms with Gasteiger partial charge in [-0.2, -0.15) is 0 Å². The van der Waals surface area contributed by atoms with Crippen molar-refractivity contribution >= 4 is 37.4 Å². The molecule has 1 aliphatic rings. The summed E-state index contributed by atoms with van der Waals surface area (Å²) in [5, 5.41) is 1.16. The average Bonchev–Trinajstić information content (AvgIpc) is 2.73. The second kappa shape index (κ2) is 6.07. The minimum absolute atomic E-state index is 0.0968. The zero-order valence-electron chi connectivity index (χ0n) is 10.8. The number of amides is 1. The highest BCUT2D eigenvalue weighted by Crippen LogP contribution is 2.24. The van der Waals surface area contributed by atoms with Crippen molar-refractivity contribution in [1.82, 2.24) is 0 Å². The Morgan fingerprint density at radius 1 is 1.40 bits per heavy atom. The van der Waals surface area contributed by atoms with Crippen LogP contribution in [0.25, 0.3) is 0 Å².